The molecule has 0 aliphatic carbocycles. The molecular weight excluding hydrogens is 452 g/mol. The van der Waals surface area contributed by atoms with Gasteiger partial charge in [-0.25, -0.2) is 8.78 Å². The second-order valence-corrected chi connectivity index (χ2v) is 8.08. The molecule has 2 atom stereocenters. The van der Waals surface area contributed by atoms with Crippen molar-refractivity contribution in [1.29, 1.82) is 0 Å². The van der Waals surface area contributed by atoms with Crippen molar-refractivity contribution in [3.8, 4) is 5.75 Å². The molecule has 3 aromatic carbocycles. The van der Waals surface area contributed by atoms with Crippen molar-refractivity contribution in [2.24, 2.45) is 5.92 Å². The highest BCUT2D eigenvalue weighted by molar-refractivity contribution is 6.03. The van der Waals surface area contributed by atoms with Gasteiger partial charge in [0, 0.05) is 12.6 Å². The Bertz CT molecular complexity index is 1210. The van der Waals surface area contributed by atoms with Gasteiger partial charge < -0.3 is 14.7 Å². The normalized spacial score (nSPS) is 17.4. The Morgan fingerprint density at radius 1 is 0.971 bits per heavy atom. The van der Waals surface area contributed by atoms with Crippen molar-refractivity contribution in [2.75, 3.05) is 11.5 Å². The van der Waals surface area contributed by atoms with Gasteiger partial charge in [-0.3, -0.25) is 9.59 Å². The summed E-state index contributed by atoms with van der Waals surface area (Å²) in [7, 11) is 0. The first-order valence-electron chi connectivity index (χ1n) is 10.8. The van der Waals surface area contributed by atoms with Crippen LogP contribution in [0.3, 0.4) is 0 Å². The molecule has 0 bridgehead atoms. The minimum atomic E-state index is -0.447. The fourth-order valence-corrected chi connectivity index (χ4v) is 4.09. The number of amides is 1. The highest BCUT2D eigenvalue weighted by atomic mass is 19.1. The molecule has 1 amide bonds. The first kappa shape index (κ1) is 25.6. The molecule has 0 aromatic heterocycles. The van der Waals surface area contributed by atoms with E-state index in [1.54, 1.807) is 53.4 Å². The first-order chi connectivity index (χ1) is 16.3. The smallest absolute Gasteiger partial charge is 0.302 e. The van der Waals surface area contributed by atoms with Gasteiger partial charge >= 0.3 is 5.97 Å². The van der Waals surface area contributed by atoms with Gasteiger partial charge in [-0.2, -0.15) is 0 Å². The van der Waals surface area contributed by atoms with Crippen LogP contribution >= 0.6 is 0 Å². The van der Waals surface area contributed by atoms with E-state index in [2.05, 4.69) is 0 Å². The molecule has 0 spiro atoms. The Kier molecular flexibility index (Phi) is 8.02. The fraction of sp³-hybridized carbons (Fsp3) is 0.214. The summed E-state index contributed by atoms with van der Waals surface area (Å²) in [4.78, 5) is 26.1. The predicted molar refractivity (Wildman–Crippen MR) is 131 cm³/mol. The van der Waals surface area contributed by atoms with E-state index in [0.29, 0.717) is 23.2 Å². The Morgan fingerprint density at radius 2 is 1.54 bits per heavy atom. The van der Waals surface area contributed by atoms with Crippen molar-refractivity contribution < 1.29 is 28.2 Å². The fourth-order valence-electron chi connectivity index (χ4n) is 4.09. The number of ether oxygens (including phenoxy) is 1. The third kappa shape index (κ3) is 5.74. The molecule has 1 heterocycles. The molecule has 7 heteroatoms. The van der Waals surface area contributed by atoms with E-state index in [1.165, 1.54) is 31.2 Å². The average molecular weight is 480 g/mol. The Hall–Kier alpha value is -4.00. The van der Waals surface area contributed by atoms with Crippen LogP contribution in [0.1, 0.15) is 37.9 Å². The minimum Gasteiger partial charge on any atom is -0.508 e. The number of allylic oxidation sites excluding steroid dienone is 1. The Balaban J connectivity index is 0.00000342. The van der Waals surface area contributed by atoms with Gasteiger partial charge in [0.05, 0.1) is 12.0 Å². The van der Waals surface area contributed by atoms with Crippen molar-refractivity contribution in [3.63, 3.8) is 0 Å². The second kappa shape index (κ2) is 11.0. The molecule has 0 saturated carbocycles. The lowest BCUT2D eigenvalue weighted by molar-refractivity contribution is -0.139. The summed E-state index contributed by atoms with van der Waals surface area (Å²) >= 11 is 0. The number of nitrogens with zero attached hydrogens (tertiary/aromatic N) is 1. The Labute approximate surface area is 203 Å². The highest BCUT2D eigenvalue weighted by Gasteiger charge is 2.48. The zero-order valence-corrected chi connectivity index (χ0v) is 18.4. The molecule has 1 saturated heterocycles. The maximum absolute atomic E-state index is 13.4. The first-order valence-corrected chi connectivity index (χ1v) is 10.8. The van der Waals surface area contributed by atoms with E-state index in [0.717, 1.165) is 5.56 Å². The molecule has 0 radical (unpaired) electrons. The van der Waals surface area contributed by atoms with Crippen LogP contribution in [-0.4, -0.2) is 23.6 Å². The van der Waals surface area contributed by atoms with Gasteiger partial charge in [0.2, 0.25) is 5.91 Å². The molecular formula is C28H27F2NO4. The molecule has 1 fully saturated rings. The van der Waals surface area contributed by atoms with Crippen LogP contribution in [0.4, 0.5) is 14.5 Å². The summed E-state index contributed by atoms with van der Waals surface area (Å²) in [5.41, 5.74) is 2.74. The number of hydrogen-bond acceptors (Lipinski definition) is 4. The minimum absolute atomic E-state index is 0. The number of phenolic OH excluding ortho intramolecular Hbond substituents is 1. The van der Waals surface area contributed by atoms with Gasteiger partial charge in [-0.05, 0) is 71.7 Å². The third-order valence-corrected chi connectivity index (χ3v) is 5.82. The van der Waals surface area contributed by atoms with E-state index >= 15 is 0 Å². The number of rotatable bonds is 7. The maximum Gasteiger partial charge on any atom is 0.302 e. The molecule has 0 unspecified atom stereocenters. The third-order valence-electron chi connectivity index (χ3n) is 5.82. The van der Waals surface area contributed by atoms with Crippen molar-refractivity contribution in [3.05, 3.63) is 102 Å². The molecule has 4 rings (SSSR count). The lowest BCUT2D eigenvalue weighted by atomic mass is 9.79. The Morgan fingerprint density at radius 3 is 2.11 bits per heavy atom. The van der Waals surface area contributed by atoms with Crippen LogP contribution in [0.5, 0.6) is 5.75 Å². The zero-order chi connectivity index (χ0) is 24.2. The lowest BCUT2D eigenvalue weighted by Crippen LogP contribution is -2.55. The molecule has 1 aliphatic rings. The van der Waals surface area contributed by atoms with Crippen LogP contribution in [0, 0.1) is 17.6 Å². The quantitative estimate of drug-likeness (QED) is 0.331. The van der Waals surface area contributed by atoms with Crippen LogP contribution in [0.2, 0.25) is 0 Å². The summed E-state index contributed by atoms with van der Waals surface area (Å²) in [6, 6.07) is 17.8. The van der Waals surface area contributed by atoms with Crippen LogP contribution in [0.25, 0.3) is 5.57 Å². The number of β-lactam (4-membered cyclic amide) rings is 1. The molecule has 1 N–H and O–H groups in total. The van der Waals surface area contributed by atoms with E-state index in [-0.39, 0.29) is 37.5 Å². The number of esters is 1. The van der Waals surface area contributed by atoms with E-state index in [4.69, 9.17) is 4.74 Å². The van der Waals surface area contributed by atoms with Crippen molar-refractivity contribution in [2.45, 2.75) is 26.8 Å². The van der Waals surface area contributed by atoms with Gasteiger partial charge in [-0.1, -0.05) is 37.8 Å². The van der Waals surface area contributed by atoms with Crippen LogP contribution in [0.15, 0.2) is 78.9 Å². The van der Waals surface area contributed by atoms with Crippen molar-refractivity contribution >= 4 is 23.1 Å². The van der Waals surface area contributed by atoms with Gasteiger partial charge in [0.1, 0.15) is 24.0 Å². The number of hydrogen-bond donors (Lipinski definition) is 1. The number of anilines is 1. The number of benzene rings is 3. The van der Waals surface area contributed by atoms with E-state index in [9.17, 15) is 23.5 Å². The topological polar surface area (TPSA) is 66.8 Å². The average Bonchev–Trinajstić information content (AvgIpc) is 2.82. The van der Waals surface area contributed by atoms with Crippen LogP contribution in [-0.2, 0) is 14.3 Å². The highest BCUT2D eigenvalue weighted by Crippen LogP contribution is 2.45. The SMILES string of the molecule is C.CC(=O)OC/C(=C\C[C@H]1C(=O)N(c2ccc(F)cc2)[C@@H]1c1ccc(O)cc1)c1ccc(F)cc1. The van der Waals surface area contributed by atoms with E-state index < -0.39 is 17.7 Å². The second-order valence-electron chi connectivity index (χ2n) is 8.08. The molecule has 35 heavy (non-hydrogen) atoms. The van der Waals surface area contributed by atoms with Gasteiger partial charge in [-0.15, -0.1) is 0 Å². The maximum atomic E-state index is 13.4. The summed E-state index contributed by atoms with van der Waals surface area (Å²) in [6.45, 7) is 1.30. The monoisotopic (exact) mass is 479 g/mol. The summed E-state index contributed by atoms with van der Waals surface area (Å²) < 4.78 is 32.0. The molecule has 1 aliphatic heterocycles. The standard InChI is InChI=1S/C27H23F2NO4.CH4/c1-17(31)34-16-20(18-2-7-21(28)8-3-18)6-15-25-26(19-4-13-24(32)14-5-19)30(27(25)33)23-11-9-22(29)10-12-23;/h2-14,25-26,32H,15-16H2,1H3;1H4/b20-6+;/t25-,26-;/m1./s1. The molecule has 3 aromatic rings. The number of halogens is 2. The lowest BCUT2D eigenvalue weighted by Gasteiger charge is -2.47. The van der Waals surface area contributed by atoms with Crippen molar-refractivity contribution in [1.82, 2.24) is 0 Å². The van der Waals surface area contributed by atoms with Crippen LogP contribution < -0.4 is 4.90 Å². The zero-order valence-electron chi connectivity index (χ0n) is 18.4. The summed E-state index contributed by atoms with van der Waals surface area (Å²) in [5, 5.41) is 9.69. The number of carbonyl (C=O) groups excluding carboxylic acids is 2. The number of aromatic hydroxyl groups is 1. The molecule has 5 nitrogen and oxygen atoms in total. The van der Waals surface area contributed by atoms with Gasteiger partial charge in [0.25, 0.3) is 0 Å². The predicted octanol–water partition coefficient (Wildman–Crippen LogP) is 6.05. The van der Waals surface area contributed by atoms with Gasteiger partial charge in [0.15, 0.2) is 0 Å². The largest absolute Gasteiger partial charge is 0.508 e. The summed E-state index contributed by atoms with van der Waals surface area (Å²) in [6.07, 6.45) is 2.17. The number of carbonyl (C=O) groups is 2. The summed E-state index contributed by atoms with van der Waals surface area (Å²) in [5.74, 6) is -1.68. The number of phenols is 1. The van der Waals surface area contributed by atoms with E-state index in [1.807, 2.05) is 6.08 Å². The molecule has 182 valence electrons.